The molecule has 0 saturated carbocycles. The molecule has 2 aliphatic heterocycles. The molecule has 2 fully saturated rings. The van der Waals surface area contributed by atoms with Crippen LogP contribution in [0.3, 0.4) is 0 Å². The van der Waals surface area contributed by atoms with Crippen molar-refractivity contribution in [3.63, 3.8) is 0 Å². The van der Waals surface area contributed by atoms with Gasteiger partial charge in [-0.25, -0.2) is 8.78 Å². The molecule has 1 aromatic carbocycles. The molecule has 0 spiro atoms. The number of likely N-dealkylation sites (tertiary alicyclic amines) is 2. The molecule has 6 nitrogen and oxygen atoms in total. The lowest BCUT2D eigenvalue weighted by Gasteiger charge is -2.35. The molecular weight excluding hydrogens is 328 g/mol. The number of halogens is 2. The Hall–Kier alpha value is -2.35. The van der Waals surface area contributed by atoms with Crippen LogP contribution in [0.25, 0.3) is 0 Å². The van der Waals surface area contributed by atoms with E-state index < -0.39 is 17.7 Å². The molecule has 1 amide bonds. The van der Waals surface area contributed by atoms with Gasteiger partial charge in [0.15, 0.2) is 0 Å². The highest BCUT2D eigenvalue weighted by Crippen LogP contribution is 2.32. The summed E-state index contributed by atoms with van der Waals surface area (Å²) in [5, 5.41) is 15.9. The maximum atomic E-state index is 13.7. The van der Waals surface area contributed by atoms with Crippen LogP contribution >= 0.6 is 0 Å². The summed E-state index contributed by atoms with van der Waals surface area (Å²) >= 11 is 0. The van der Waals surface area contributed by atoms with Gasteiger partial charge in [-0.3, -0.25) is 15.6 Å². The monoisotopic (exact) mass is 349 g/mol. The number of carbonyl (C=O) groups is 1. The first-order valence-corrected chi connectivity index (χ1v) is 8.19. The second kappa shape index (κ2) is 6.51. The fraction of sp³-hybridized carbons (Fsp3) is 0.471. The van der Waals surface area contributed by atoms with Crippen molar-refractivity contribution >= 4 is 17.6 Å². The van der Waals surface area contributed by atoms with Crippen molar-refractivity contribution in [3.05, 3.63) is 35.4 Å². The van der Waals surface area contributed by atoms with E-state index in [-0.39, 0.29) is 42.2 Å². The van der Waals surface area contributed by atoms with Gasteiger partial charge in [0.2, 0.25) is 5.91 Å². The van der Waals surface area contributed by atoms with Crippen LogP contribution < -0.4 is 5.73 Å². The minimum Gasteiger partial charge on any atom is -0.330 e. The molecule has 25 heavy (non-hydrogen) atoms. The average molecular weight is 349 g/mol. The first kappa shape index (κ1) is 17.5. The Bertz CT molecular complexity index is 738. The lowest BCUT2D eigenvalue weighted by atomic mass is 10.0. The zero-order valence-corrected chi connectivity index (χ0v) is 13.9. The molecule has 3 atom stereocenters. The number of nitrogens with two attached hydrogens (primary N) is 1. The normalized spacial score (nSPS) is 23.3. The van der Waals surface area contributed by atoms with Crippen LogP contribution in [-0.2, 0) is 11.2 Å². The van der Waals surface area contributed by atoms with Gasteiger partial charge < -0.3 is 15.5 Å². The van der Waals surface area contributed by atoms with E-state index in [2.05, 4.69) is 0 Å². The van der Waals surface area contributed by atoms with Gasteiger partial charge in [0.25, 0.3) is 0 Å². The first-order chi connectivity index (χ1) is 11.8. The van der Waals surface area contributed by atoms with Gasteiger partial charge in [0.05, 0.1) is 17.9 Å². The summed E-state index contributed by atoms with van der Waals surface area (Å²) in [6.45, 7) is 2.09. The van der Waals surface area contributed by atoms with Crippen molar-refractivity contribution in [1.29, 1.82) is 10.8 Å². The molecule has 2 heterocycles. The van der Waals surface area contributed by atoms with Crippen LogP contribution in [0, 0.1) is 22.5 Å². The molecule has 2 bridgehead atoms. The Morgan fingerprint density at radius 3 is 2.80 bits per heavy atom. The number of hydrogen-bond acceptors (Lipinski definition) is 4. The lowest BCUT2D eigenvalue weighted by Crippen LogP contribution is -2.54. The molecule has 1 aromatic rings. The highest BCUT2D eigenvalue weighted by Gasteiger charge is 2.49. The largest absolute Gasteiger partial charge is 0.330 e. The SMILES string of the molecule is CC(=N)N1C(=N)[C@H]2C[C@@H]1CN2C(=O)CC(N)Cc1cc(F)ccc1F. The van der Waals surface area contributed by atoms with Gasteiger partial charge in [-0.1, -0.05) is 0 Å². The summed E-state index contributed by atoms with van der Waals surface area (Å²) in [6, 6.07) is 2.20. The van der Waals surface area contributed by atoms with Gasteiger partial charge in [-0.15, -0.1) is 0 Å². The molecule has 0 radical (unpaired) electrons. The predicted molar refractivity (Wildman–Crippen MR) is 89.5 cm³/mol. The quantitative estimate of drug-likeness (QED) is 0.567. The van der Waals surface area contributed by atoms with E-state index in [1.165, 1.54) is 0 Å². The summed E-state index contributed by atoms with van der Waals surface area (Å²) in [6.07, 6.45) is 0.727. The molecule has 1 unspecified atom stereocenters. The molecule has 4 N–H and O–H groups in total. The summed E-state index contributed by atoms with van der Waals surface area (Å²) in [4.78, 5) is 15.8. The lowest BCUT2D eigenvalue weighted by molar-refractivity contribution is -0.131. The third-order valence-corrected chi connectivity index (χ3v) is 4.83. The molecule has 2 saturated heterocycles. The van der Waals surface area contributed by atoms with Gasteiger partial charge in [-0.2, -0.15) is 0 Å². The van der Waals surface area contributed by atoms with E-state index in [0.717, 1.165) is 18.2 Å². The van der Waals surface area contributed by atoms with Gasteiger partial charge in [0, 0.05) is 19.0 Å². The van der Waals surface area contributed by atoms with Gasteiger partial charge in [0.1, 0.15) is 17.5 Å². The third-order valence-electron chi connectivity index (χ3n) is 4.83. The number of hydrogen-bond donors (Lipinski definition) is 3. The van der Waals surface area contributed by atoms with E-state index in [1.807, 2.05) is 0 Å². The zero-order valence-electron chi connectivity index (χ0n) is 13.9. The van der Waals surface area contributed by atoms with Crippen LogP contribution in [0.1, 0.15) is 25.3 Å². The van der Waals surface area contributed by atoms with Crippen molar-refractivity contribution in [2.75, 3.05) is 6.54 Å². The van der Waals surface area contributed by atoms with Crippen LogP contribution in [0.2, 0.25) is 0 Å². The molecular formula is C17H21F2N5O. The Balaban J connectivity index is 1.61. The smallest absolute Gasteiger partial charge is 0.224 e. The third kappa shape index (κ3) is 3.26. The first-order valence-electron chi connectivity index (χ1n) is 8.19. The highest BCUT2D eigenvalue weighted by molar-refractivity contribution is 6.04. The van der Waals surface area contributed by atoms with Gasteiger partial charge >= 0.3 is 0 Å². The van der Waals surface area contributed by atoms with E-state index in [9.17, 15) is 13.6 Å². The molecule has 2 aliphatic rings. The van der Waals surface area contributed by atoms with E-state index in [1.54, 1.807) is 16.7 Å². The number of nitrogens with one attached hydrogen (secondary N) is 2. The maximum Gasteiger partial charge on any atom is 0.224 e. The Morgan fingerprint density at radius 2 is 2.16 bits per heavy atom. The van der Waals surface area contributed by atoms with Gasteiger partial charge in [-0.05, 0) is 43.5 Å². The Kier molecular flexibility index (Phi) is 4.55. The van der Waals surface area contributed by atoms with Crippen molar-refractivity contribution in [2.45, 2.75) is 44.3 Å². The summed E-state index contributed by atoms with van der Waals surface area (Å²) in [5.74, 6) is -0.695. The van der Waals surface area contributed by atoms with Crippen LogP contribution in [-0.4, -0.2) is 52.0 Å². The number of amides is 1. The topological polar surface area (TPSA) is 97.3 Å². The zero-order chi connectivity index (χ0) is 18.3. The fourth-order valence-electron chi connectivity index (χ4n) is 3.74. The number of amidine groups is 2. The highest BCUT2D eigenvalue weighted by atomic mass is 19.1. The van der Waals surface area contributed by atoms with Crippen molar-refractivity contribution in [2.24, 2.45) is 5.73 Å². The number of carbonyl (C=O) groups excluding carboxylic acids is 1. The van der Waals surface area contributed by atoms with Crippen LogP contribution in [0.5, 0.6) is 0 Å². The van der Waals surface area contributed by atoms with Crippen LogP contribution in [0.4, 0.5) is 8.78 Å². The second-order valence-corrected chi connectivity index (χ2v) is 6.70. The molecule has 8 heteroatoms. The van der Waals surface area contributed by atoms with E-state index in [4.69, 9.17) is 16.6 Å². The predicted octanol–water partition coefficient (Wildman–Crippen LogP) is 1.48. The van der Waals surface area contributed by atoms with Crippen LogP contribution in [0.15, 0.2) is 18.2 Å². The molecule has 134 valence electrons. The minimum absolute atomic E-state index is 0.00995. The number of fused-ring (bicyclic) bond motifs is 2. The van der Waals surface area contributed by atoms with E-state index in [0.29, 0.717) is 18.8 Å². The van der Waals surface area contributed by atoms with Crippen molar-refractivity contribution < 1.29 is 13.6 Å². The summed E-state index contributed by atoms with van der Waals surface area (Å²) in [5.41, 5.74) is 6.12. The number of rotatable bonds is 4. The summed E-state index contributed by atoms with van der Waals surface area (Å²) in [7, 11) is 0. The number of piperazine rings is 1. The Labute approximate surface area is 144 Å². The van der Waals surface area contributed by atoms with Crippen molar-refractivity contribution in [1.82, 2.24) is 9.80 Å². The molecule has 3 rings (SSSR count). The maximum absolute atomic E-state index is 13.7. The average Bonchev–Trinajstić information content (AvgIpc) is 3.08. The summed E-state index contributed by atoms with van der Waals surface area (Å²) < 4.78 is 26.9. The molecule has 0 aromatic heterocycles. The number of benzene rings is 1. The second-order valence-electron chi connectivity index (χ2n) is 6.70. The molecule has 0 aliphatic carbocycles. The number of nitrogens with zero attached hydrogens (tertiary/aromatic N) is 2. The fourth-order valence-corrected chi connectivity index (χ4v) is 3.74. The standard InChI is InChI=1S/C17H21F2N5O/c1-9(20)24-13-7-15(17(24)22)23(8-13)16(25)6-12(21)5-10-4-11(18)2-3-14(10)19/h2-4,12-13,15,20,22H,5-8,21H2,1H3/t12?,13-,15-/m1/s1. The van der Waals surface area contributed by atoms with Crippen molar-refractivity contribution in [3.8, 4) is 0 Å². The Morgan fingerprint density at radius 1 is 1.44 bits per heavy atom. The van der Waals surface area contributed by atoms with E-state index >= 15 is 0 Å². The minimum atomic E-state index is -0.627.